The molecule has 0 radical (unpaired) electrons. The maximum absolute atomic E-state index is 6.63. The van der Waals surface area contributed by atoms with Crippen LogP contribution in [-0.2, 0) is 21.1 Å². The summed E-state index contributed by atoms with van der Waals surface area (Å²) in [6.45, 7) is 24.3. The quantitative estimate of drug-likeness (QED) is 0.135. The zero-order valence-corrected chi connectivity index (χ0v) is 37.8. The zero-order chi connectivity index (χ0) is 40.3. The van der Waals surface area contributed by atoms with Gasteiger partial charge in [-0.25, -0.2) is 4.98 Å². The van der Waals surface area contributed by atoms with Crippen LogP contribution in [0.2, 0.25) is 0 Å². The summed E-state index contributed by atoms with van der Waals surface area (Å²) < 4.78 is 10.8. The number of ether oxygens (including phenoxy) is 1. The summed E-state index contributed by atoms with van der Waals surface area (Å²) in [5.74, 6) is 3.25. The van der Waals surface area contributed by atoms with E-state index in [4.69, 9.17) is 14.8 Å². The first-order valence-electron chi connectivity index (χ1n) is 20.2. The van der Waals surface area contributed by atoms with E-state index in [9.17, 15) is 0 Å². The van der Waals surface area contributed by atoms with E-state index in [2.05, 4.69) is 172 Å². The molecule has 0 aliphatic carbocycles. The molecule has 8 rings (SSSR count). The molecule has 0 spiro atoms. The molecular weight excluding hydrogens is 892 g/mol. The summed E-state index contributed by atoms with van der Waals surface area (Å²) >= 11 is 0. The smallest absolute Gasteiger partial charge is 0.509 e. The van der Waals surface area contributed by atoms with E-state index in [0.717, 1.165) is 55.8 Å². The molecule has 3 heterocycles. The Morgan fingerprint density at radius 2 is 1.28 bits per heavy atom. The Labute approximate surface area is 358 Å². The van der Waals surface area contributed by atoms with E-state index >= 15 is 0 Å². The maximum atomic E-state index is 6.63. The molecule has 5 aromatic carbocycles. The van der Waals surface area contributed by atoms with Gasteiger partial charge >= 0.3 is 21.1 Å². The van der Waals surface area contributed by atoms with Crippen LogP contribution in [0.1, 0.15) is 104 Å². The Bertz CT molecular complexity index is 2770. The summed E-state index contributed by atoms with van der Waals surface area (Å²) in [5.41, 5.74) is 17.4. The molecule has 0 saturated carbocycles. The molecule has 0 unspecified atom stereocenters. The summed E-state index contributed by atoms with van der Waals surface area (Å²) in [6.07, 6.45) is 1.95. The van der Waals surface area contributed by atoms with Gasteiger partial charge in [-0.05, 0) is 108 Å². The third-order valence-electron chi connectivity index (χ3n) is 11.2. The SMILES string of the molecule is Cc1cc(Oc2[c-]c3c(cc2)c2ccccc2n3-c2cc(-c3c(C(C)C)cc(C(C)C)cc3C(C)C)ccn2)[c-]c(-n2nc(C)c(-c3cc(C)cc(C)c3)c2C)c1.[Pt+2]. The second kappa shape index (κ2) is 16.2. The number of aromatic nitrogens is 4. The van der Waals surface area contributed by atoms with Crippen LogP contribution in [0.3, 0.4) is 0 Å². The van der Waals surface area contributed by atoms with Crippen molar-refractivity contribution >= 4 is 21.8 Å². The van der Waals surface area contributed by atoms with Crippen LogP contribution >= 0.6 is 0 Å². The summed E-state index contributed by atoms with van der Waals surface area (Å²) in [5, 5.41) is 7.23. The van der Waals surface area contributed by atoms with Gasteiger partial charge in [-0.2, -0.15) is 16.7 Å². The van der Waals surface area contributed by atoms with Gasteiger partial charge in [-0.3, -0.25) is 4.68 Å². The topological polar surface area (TPSA) is 44.9 Å². The molecule has 58 heavy (non-hydrogen) atoms. The van der Waals surface area contributed by atoms with Crippen molar-refractivity contribution in [3.63, 3.8) is 0 Å². The zero-order valence-electron chi connectivity index (χ0n) is 35.5. The maximum Gasteiger partial charge on any atom is 2.00 e. The summed E-state index contributed by atoms with van der Waals surface area (Å²) in [4.78, 5) is 5.01. The minimum absolute atomic E-state index is 0. The number of nitrogens with zero attached hydrogens (tertiary/aromatic N) is 4. The molecule has 0 amide bonds. The molecule has 8 aromatic rings. The number of para-hydroxylation sites is 1. The number of benzene rings is 5. The van der Waals surface area contributed by atoms with Crippen LogP contribution in [0.4, 0.5) is 0 Å². The first kappa shape index (κ1) is 40.9. The second-order valence-electron chi connectivity index (χ2n) is 16.7. The third-order valence-corrected chi connectivity index (χ3v) is 11.2. The number of hydrogen-bond acceptors (Lipinski definition) is 3. The Morgan fingerprint density at radius 3 is 1.95 bits per heavy atom. The number of hydrogen-bond donors (Lipinski definition) is 0. The monoisotopic (exact) mass is 943 g/mol. The molecule has 3 aromatic heterocycles. The fraction of sp³-hybridized carbons (Fsp3) is 0.269. The first-order chi connectivity index (χ1) is 27.3. The van der Waals surface area contributed by atoms with E-state index in [1.165, 1.54) is 44.5 Å². The first-order valence-corrected chi connectivity index (χ1v) is 20.2. The Hall–Kier alpha value is -5.25. The van der Waals surface area contributed by atoms with Gasteiger partial charge in [0.2, 0.25) is 0 Å². The van der Waals surface area contributed by atoms with Crippen molar-refractivity contribution < 1.29 is 25.8 Å². The number of aryl methyl sites for hydroxylation is 4. The van der Waals surface area contributed by atoms with Crippen LogP contribution in [0.25, 0.3) is 55.6 Å². The second-order valence-corrected chi connectivity index (χ2v) is 16.7. The fourth-order valence-corrected chi connectivity index (χ4v) is 8.52. The number of pyridine rings is 1. The normalized spacial score (nSPS) is 11.7. The van der Waals surface area contributed by atoms with Gasteiger partial charge < -0.3 is 9.30 Å². The molecule has 6 heteroatoms. The summed E-state index contributed by atoms with van der Waals surface area (Å²) in [6, 6.07) is 39.9. The molecule has 296 valence electrons. The van der Waals surface area contributed by atoms with Crippen molar-refractivity contribution in [1.82, 2.24) is 19.3 Å². The van der Waals surface area contributed by atoms with Gasteiger partial charge in [0.1, 0.15) is 5.82 Å². The molecule has 0 aliphatic rings. The van der Waals surface area contributed by atoms with Gasteiger partial charge in [-0.1, -0.05) is 114 Å². The minimum atomic E-state index is 0. The molecule has 5 nitrogen and oxygen atoms in total. The van der Waals surface area contributed by atoms with Crippen molar-refractivity contribution in [2.75, 3.05) is 0 Å². The van der Waals surface area contributed by atoms with Gasteiger partial charge in [0.15, 0.2) is 0 Å². The standard InChI is InChI=1S/C52H52N4O.Pt/c1-30(2)39-25-46(31(3)4)52(47(26-39)32(5)6)38-18-19-53-50(27-38)55-48-15-13-12-14-44(48)45-17-16-42(29-49(45)55)57-43-24-35(9)23-41(28-43)56-37(11)51(36(10)54-56)40-21-33(7)20-34(8)22-40;/h12-27,30-32H,1-11H3;/q-2;+2. The van der Waals surface area contributed by atoms with Gasteiger partial charge in [-0.15, -0.1) is 35.7 Å². The Morgan fingerprint density at radius 1 is 0.603 bits per heavy atom. The van der Waals surface area contributed by atoms with Crippen LogP contribution < -0.4 is 4.74 Å². The van der Waals surface area contributed by atoms with Crippen LogP contribution in [0, 0.1) is 46.8 Å². The fourth-order valence-electron chi connectivity index (χ4n) is 8.52. The molecule has 0 bridgehead atoms. The molecule has 0 atom stereocenters. The van der Waals surface area contributed by atoms with E-state index < -0.39 is 0 Å². The van der Waals surface area contributed by atoms with Gasteiger partial charge in [0.05, 0.1) is 5.69 Å². The van der Waals surface area contributed by atoms with Gasteiger partial charge in [0.25, 0.3) is 0 Å². The molecule has 0 aliphatic heterocycles. The van der Waals surface area contributed by atoms with Crippen molar-refractivity contribution in [2.45, 2.75) is 93.9 Å². The predicted molar refractivity (Wildman–Crippen MR) is 237 cm³/mol. The van der Waals surface area contributed by atoms with E-state index in [-0.39, 0.29) is 21.1 Å². The Kier molecular flexibility index (Phi) is 11.4. The largest absolute Gasteiger partial charge is 2.00 e. The number of fused-ring (bicyclic) bond motifs is 3. The van der Waals surface area contributed by atoms with Crippen molar-refractivity contribution in [3.8, 4) is 45.3 Å². The van der Waals surface area contributed by atoms with E-state index in [1.807, 2.05) is 23.0 Å². The van der Waals surface area contributed by atoms with Crippen molar-refractivity contribution in [2.24, 2.45) is 0 Å². The van der Waals surface area contributed by atoms with Crippen molar-refractivity contribution in [1.29, 1.82) is 0 Å². The van der Waals surface area contributed by atoms with Crippen LogP contribution in [-0.4, -0.2) is 19.3 Å². The minimum Gasteiger partial charge on any atom is -0.509 e. The molecule has 0 saturated heterocycles. The van der Waals surface area contributed by atoms with Crippen molar-refractivity contribution in [3.05, 3.63) is 154 Å². The average Bonchev–Trinajstić information content (AvgIpc) is 3.65. The van der Waals surface area contributed by atoms with Crippen LogP contribution in [0.15, 0.2) is 97.2 Å². The number of rotatable bonds is 9. The molecular formula is C52H52N4OPt. The van der Waals surface area contributed by atoms with E-state index in [1.54, 1.807) is 0 Å². The molecule has 0 fully saturated rings. The predicted octanol–water partition coefficient (Wildman–Crippen LogP) is 14.0. The van der Waals surface area contributed by atoms with Crippen LogP contribution in [0.5, 0.6) is 11.5 Å². The van der Waals surface area contributed by atoms with Gasteiger partial charge in [0, 0.05) is 34.5 Å². The Balaban J connectivity index is 0.00000512. The average molecular weight is 944 g/mol. The third kappa shape index (κ3) is 7.58. The summed E-state index contributed by atoms with van der Waals surface area (Å²) in [7, 11) is 0. The molecule has 0 N–H and O–H groups in total. The van der Waals surface area contributed by atoms with E-state index in [0.29, 0.717) is 29.3 Å².